The van der Waals surface area contributed by atoms with Crippen LogP contribution in [0.3, 0.4) is 0 Å². The molecule has 0 aromatic carbocycles. The number of hydrogen-bond donors (Lipinski definition) is 1. The van der Waals surface area contributed by atoms with E-state index in [9.17, 15) is 14.4 Å². The van der Waals surface area contributed by atoms with Gasteiger partial charge in [-0.15, -0.1) is 0 Å². The van der Waals surface area contributed by atoms with Crippen LogP contribution in [0.15, 0.2) is 0 Å². The van der Waals surface area contributed by atoms with E-state index in [1.807, 2.05) is 14.7 Å². The molecule has 3 amide bonds. The molecule has 3 aliphatic rings. The molecule has 3 aliphatic heterocycles. The van der Waals surface area contributed by atoms with Gasteiger partial charge in [0.15, 0.2) is 0 Å². The van der Waals surface area contributed by atoms with Crippen LogP contribution in [0.5, 0.6) is 0 Å². The molecule has 3 rings (SSSR count). The zero-order chi connectivity index (χ0) is 16.4. The first kappa shape index (κ1) is 16.2. The topological polar surface area (TPSA) is 73.0 Å². The maximum absolute atomic E-state index is 12.6. The van der Waals surface area contributed by atoms with Crippen LogP contribution in [0, 0.1) is 0 Å². The number of nitrogens with one attached hydrogen (secondary N) is 1. The van der Waals surface area contributed by atoms with Crippen molar-refractivity contribution >= 4 is 17.7 Å². The molecule has 0 radical (unpaired) electrons. The third-order valence-corrected chi connectivity index (χ3v) is 5.27. The number of likely N-dealkylation sites (tertiary alicyclic amines) is 1. The number of rotatable bonds is 2. The van der Waals surface area contributed by atoms with Crippen molar-refractivity contribution < 1.29 is 14.4 Å². The summed E-state index contributed by atoms with van der Waals surface area (Å²) in [5, 5.41) is 2.89. The molecule has 128 valence electrons. The monoisotopic (exact) mass is 322 g/mol. The summed E-state index contributed by atoms with van der Waals surface area (Å²) >= 11 is 0. The van der Waals surface area contributed by atoms with Crippen molar-refractivity contribution in [3.05, 3.63) is 0 Å². The molecule has 0 saturated carbocycles. The predicted octanol–water partition coefficient (Wildman–Crippen LogP) is -0.580. The molecular weight excluding hydrogens is 296 g/mol. The number of carbonyl (C=O) groups excluding carboxylic acids is 3. The molecule has 3 saturated heterocycles. The van der Waals surface area contributed by atoms with E-state index in [-0.39, 0.29) is 29.8 Å². The highest BCUT2D eigenvalue weighted by molar-refractivity contribution is 5.85. The van der Waals surface area contributed by atoms with Gasteiger partial charge in [0.25, 0.3) is 0 Å². The molecule has 1 N–H and O–H groups in total. The van der Waals surface area contributed by atoms with Crippen LogP contribution in [0.1, 0.15) is 32.6 Å². The van der Waals surface area contributed by atoms with Crippen LogP contribution in [0.25, 0.3) is 0 Å². The van der Waals surface area contributed by atoms with Crippen LogP contribution in [0.4, 0.5) is 0 Å². The minimum absolute atomic E-state index is 0.0536. The van der Waals surface area contributed by atoms with Crippen LogP contribution >= 0.6 is 0 Å². The molecular formula is C16H26N4O3. The van der Waals surface area contributed by atoms with Gasteiger partial charge in [0.05, 0.1) is 12.6 Å². The maximum atomic E-state index is 12.6. The van der Waals surface area contributed by atoms with Gasteiger partial charge >= 0.3 is 0 Å². The fourth-order valence-corrected chi connectivity index (χ4v) is 3.96. The first-order chi connectivity index (χ1) is 11.1. The van der Waals surface area contributed by atoms with Gasteiger partial charge in [-0.2, -0.15) is 0 Å². The minimum Gasteiger partial charge on any atom is -0.355 e. The second-order valence-corrected chi connectivity index (χ2v) is 6.77. The molecule has 0 aromatic heterocycles. The Kier molecular flexibility index (Phi) is 4.84. The lowest BCUT2D eigenvalue weighted by atomic mass is 10.0. The maximum Gasteiger partial charge on any atom is 0.237 e. The minimum atomic E-state index is -0.157. The van der Waals surface area contributed by atoms with Gasteiger partial charge in [-0.05, 0) is 25.7 Å². The number of carbonyl (C=O) groups is 3. The quantitative estimate of drug-likeness (QED) is 0.738. The predicted molar refractivity (Wildman–Crippen MR) is 84.6 cm³/mol. The van der Waals surface area contributed by atoms with Crippen molar-refractivity contribution in [3.8, 4) is 0 Å². The van der Waals surface area contributed by atoms with Crippen molar-refractivity contribution in [3.63, 3.8) is 0 Å². The summed E-state index contributed by atoms with van der Waals surface area (Å²) in [5.74, 6) is 0.225. The van der Waals surface area contributed by atoms with Gasteiger partial charge < -0.3 is 15.1 Å². The Morgan fingerprint density at radius 1 is 1.13 bits per heavy atom. The van der Waals surface area contributed by atoms with E-state index in [1.165, 1.54) is 0 Å². The smallest absolute Gasteiger partial charge is 0.237 e. The summed E-state index contributed by atoms with van der Waals surface area (Å²) in [6, 6.07) is -0.0302. The lowest BCUT2D eigenvalue weighted by molar-refractivity contribution is -0.146. The zero-order valence-electron chi connectivity index (χ0n) is 13.8. The van der Waals surface area contributed by atoms with Crippen molar-refractivity contribution in [2.24, 2.45) is 0 Å². The van der Waals surface area contributed by atoms with E-state index in [0.717, 1.165) is 45.3 Å². The Hall–Kier alpha value is -1.63. The summed E-state index contributed by atoms with van der Waals surface area (Å²) < 4.78 is 0. The highest BCUT2D eigenvalue weighted by Crippen LogP contribution is 2.21. The van der Waals surface area contributed by atoms with Gasteiger partial charge in [0.2, 0.25) is 17.7 Å². The Bertz CT molecular complexity index is 496. The van der Waals surface area contributed by atoms with E-state index < -0.39 is 0 Å². The largest absolute Gasteiger partial charge is 0.355 e. The Balaban J connectivity index is 1.59. The van der Waals surface area contributed by atoms with Crippen LogP contribution in [0.2, 0.25) is 0 Å². The second kappa shape index (κ2) is 6.86. The van der Waals surface area contributed by atoms with Gasteiger partial charge in [0.1, 0.15) is 0 Å². The van der Waals surface area contributed by atoms with Crippen molar-refractivity contribution in [2.45, 2.75) is 44.7 Å². The fourth-order valence-electron chi connectivity index (χ4n) is 3.96. The molecule has 2 atom stereocenters. The summed E-state index contributed by atoms with van der Waals surface area (Å²) in [6.07, 6.45) is 3.71. The summed E-state index contributed by atoms with van der Waals surface area (Å²) in [7, 11) is 0. The van der Waals surface area contributed by atoms with Crippen molar-refractivity contribution in [2.75, 3.05) is 39.3 Å². The number of nitrogens with zero attached hydrogens (tertiary/aromatic N) is 3. The highest BCUT2D eigenvalue weighted by atomic mass is 16.2. The van der Waals surface area contributed by atoms with Crippen LogP contribution in [-0.4, -0.2) is 83.8 Å². The van der Waals surface area contributed by atoms with Gasteiger partial charge in [0, 0.05) is 45.7 Å². The third kappa shape index (κ3) is 3.49. The lowest BCUT2D eigenvalue weighted by Gasteiger charge is -2.44. The molecule has 0 aromatic rings. The van der Waals surface area contributed by atoms with Gasteiger partial charge in [-0.1, -0.05) is 0 Å². The normalized spacial score (nSPS) is 30.3. The van der Waals surface area contributed by atoms with Crippen LogP contribution < -0.4 is 5.32 Å². The first-order valence-corrected chi connectivity index (χ1v) is 8.63. The number of hydrogen-bond acceptors (Lipinski definition) is 4. The van der Waals surface area contributed by atoms with Crippen LogP contribution in [-0.2, 0) is 14.4 Å². The molecule has 3 fully saturated rings. The highest BCUT2D eigenvalue weighted by Gasteiger charge is 2.37. The molecule has 7 nitrogen and oxygen atoms in total. The molecule has 3 heterocycles. The second-order valence-electron chi connectivity index (χ2n) is 6.77. The molecule has 7 heteroatoms. The Morgan fingerprint density at radius 2 is 1.96 bits per heavy atom. The zero-order valence-corrected chi connectivity index (χ0v) is 13.8. The van der Waals surface area contributed by atoms with Crippen molar-refractivity contribution in [1.82, 2.24) is 20.0 Å². The SMILES string of the molecule is CC(=O)N1CCCC(N2CCN(C3CCCNC3=O)CC2=O)C1. The van der Waals surface area contributed by atoms with Gasteiger partial charge in [-0.3, -0.25) is 19.3 Å². The summed E-state index contributed by atoms with van der Waals surface area (Å²) in [4.78, 5) is 41.9. The van der Waals surface area contributed by atoms with Gasteiger partial charge in [-0.25, -0.2) is 0 Å². The molecule has 0 aliphatic carbocycles. The standard InChI is InChI=1S/C16H26N4O3/c1-12(21)18-7-3-4-13(10-18)20-9-8-19(11-15(20)22)14-5-2-6-17-16(14)23/h13-14H,2-11H2,1H3,(H,17,23). The van der Waals surface area contributed by atoms with E-state index in [4.69, 9.17) is 0 Å². The number of piperazine rings is 1. The fraction of sp³-hybridized carbons (Fsp3) is 0.812. The average Bonchev–Trinajstić information content (AvgIpc) is 2.55. The number of piperidine rings is 2. The molecule has 23 heavy (non-hydrogen) atoms. The average molecular weight is 322 g/mol. The Labute approximate surface area is 137 Å². The van der Waals surface area contributed by atoms with E-state index in [0.29, 0.717) is 19.6 Å². The summed E-state index contributed by atoms with van der Waals surface area (Å²) in [6.45, 7) is 5.47. The third-order valence-electron chi connectivity index (χ3n) is 5.27. The van der Waals surface area contributed by atoms with E-state index >= 15 is 0 Å². The Morgan fingerprint density at radius 3 is 2.65 bits per heavy atom. The number of amides is 3. The summed E-state index contributed by atoms with van der Waals surface area (Å²) in [5.41, 5.74) is 0. The lowest BCUT2D eigenvalue weighted by Crippen LogP contribution is -2.62. The van der Waals surface area contributed by atoms with Crippen molar-refractivity contribution in [1.29, 1.82) is 0 Å². The molecule has 0 spiro atoms. The van der Waals surface area contributed by atoms with E-state index in [1.54, 1.807) is 6.92 Å². The first-order valence-electron chi connectivity index (χ1n) is 8.63. The molecule has 2 unspecified atom stereocenters. The van der Waals surface area contributed by atoms with E-state index in [2.05, 4.69) is 5.32 Å². The molecule has 0 bridgehead atoms.